The van der Waals surface area contributed by atoms with Crippen molar-refractivity contribution in [3.05, 3.63) is 118 Å². The van der Waals surface area contributed by atoms with Crippen molar-refractivity contribution >= 4 is 22.1 Å². The quantitative estimate of drug-likeness (QED) is 0.210. The third-order valence-corrected chi connectivity index (χ3v) is 8.80. The van der Waals surface area contributed by atoms with Gasteiger partial charge in [0.1, 0.15) is 0 Å². The maximum Gasteiger partial charge on any atom is 0.255 e. The average molecular weight is 557 g/mol. The Morgan fingerprint density at radius 2 is 1.57 bits per heavy atom. The van der Waals surface area contributed by atoms with E-state index in [2.05, 4.69) is 47.1 Å². The molecule has 4 aromatic rings. The highest BCUT2D eigenvalue weighted by Gasteiger charge is 2.26. The first-order chi connectivity index (χ1) is 19.1. The molecule has 0 radical (unpaired) electrons. The molecular weight excluding hydrogens is 520 g/mol. The van der Waals surface area contributed by atoms with E-state index in [0.717, 1.165) is 39.3 Å². The molecule has 0 bridgehead atoms. The van der Waals surface area contributed by atoms with Gasteiger partial charge in [-0.3, -0.25) is 4.79 Å². The second-order valence-corrected chi connectivity index (χ2v) is 12.1. The van der Waals surface area contributed by atoms with E-state index in [1.165, 1.54) is 9.87 Å². The molecule has 0 saturated carbocycles. The topological polar surface area (TPSA) is 83.8 Å². The van der Waals surface area contributed by atoms with E-state index in [0.29, 0.717) is 6.42 Å². The summed E-state index contributed by atoms with van der Waals surface area (Å²) in [6, 6.07) is 24.6. The van der Waals surface area contributed by atoms with Gasteiger partial charge in [-0.05, 0) is 82.0 Å². The fourth-order valence-electron chi connectivity index (χ4n) is 4.66. The normalized spacial score (nSPS) is 11.8. The number of benzene rings is 3. The zero-order chi connectivity index (χ0) is 28.9. The molecule has 0 saturated heterocycles. The van der Waals surface area contributed by atoms with Gasteiger partial charge in [0.2, 0.25) is 10.0 Å². The van der Waals surface area contributed by atoms with Crippen molar-refractivity contribution in [1.29, 1.82) is 0 Å². The molecule has 0 unspecified atom stereocenters. The molecule has 0 aliphatic rings. The molecule has 1 amide bonds. The van der Waals surface area contributed by atoms with Gasteiger partial charge in [-0.1, -0.05) is 60.2 Å². The number of nitrogens with one attached hydrogen (secondary N) is 1. The van der Waals surface area contributed by atoms with Gasteiger partial charge in [-0.25, -0.2) is 13.8 Å². The van der Waals surface area contributed by atoms with Crippen molar-refractivity contribution in [3.63, 3.8) is 0 Å². The van der Waals surface area contributed by atoms with Crippen molar-refractivity contribution in [1.82, 2.24) is 14.3 Å². The summed E-state index contributed by atoms with van der Waals surface area (Å²) in [6.07, 6.45) is 2.08. The Balaban J connectivity index is 1.50. The molecular formula is C32H36N4O3S. The lowest BCUT2D eigenvalue weighted by molar-refractivity contribution is -0.121. The standard InChI is InChI=1S/C32H36N4O3S/c1-23-12-15-30(16-13-23)40(38,39)35(18-17-28-9-7-6-8-10-28)22-32(37)34-33-21-29-20-26(4)36(27(29)5)31-19-24(2)11-14-25(31)3/h6-16,19-21H,17-18,22H2,1-5H3,(H,34,37)/b33-21+. The molecule has 4 rings (SSSR count). The number of carbonyl (C=O) groups excluding carboxylic acids is 1. The van der Waals surface area contributed by atoms with Crippen molar-refractivity contribution in [2.24, 2.45) is 5.10 Å². The van der Waals surface area contributed by atoms with Crippen LogP contribution in [0.15, 0.2) is 88.9 Å². The zero-order valence-electron chi connectivity index (χ0n) is 23.7. The number of sulfonamides is 1. The summed E-state index contributed by atoms with van der Waals surface area (Å²) in [5.74, 6) is -0.511. The van der Waals surface area contributed by atoms with E-state index < -0.39 is 15.9 Å². The summed E-state index contributed by atoms with van der Waals surface area (Å²) in [5, 5.41) is 4.17. The Labute approximate surface area is 237 Å². The van der Waals surface area contributed by atoms with Crippen LogP contribution in [0.25, 0.3) is 5.69 Å². The van der Waals surface area contributed by atoms with Gasteiger partial charge in [0.15, 0.2) is 0 Å². The van der Waals surface area contributed by atoms with E-state index in [-0.39, 0.29) is 18.0 Å². The summed E-state index contributed by atoms with van der Waals surface area (Å²) < 4.78 is 30.3. The lowest BCUT2D eigenvalue weighted by Gasteiger charge is -2.21. The minimum absolute atomic E-state index is 0.154. The zero-order valence-corrected chi connectivity index (χ0v) is 24.5. The number of amides is 1. The summed E-state index contributed by atoms with van der Waals surface area (Å²) in [7, 11) is -3.89. The summed E-state index contributed by atoms with van der Waals surface area (Å²) >= 11 is 0. The Kier molecular flexibility index (Phi) is 9.02. The van der Waals surface area contributed by atoms with Crippen LogP contribution in [0.4, 0.5) is 0 Å². The van der Waals surface area contributed by atoms with Crippen LogP contribution in [0.2, 0.25) is 0 Å². The monoisotopic (exact) mass is 556 g/mol. The number of carbonyl (C=O) groups is 1. The van der Waals surface area contributed by atoms with Crippen LogP contribution in [0.3, 0.4) is 0 Å². The van der Waals surface area contributed by atoms with Gasteiger partial charge < -0.3 is 4.57 Å². The minimum atomic E-state index is -3.89. The van der Waals surface area contributed by atoms with Gasteiger partial charge in [0, 0.05) is 29.2 Å². The fourth-order valence-corrected chi connectivity index (χ4v) is 6.06. The van der Waals surface area contributed by atoms with E-state index in [4.69, 9.17) is 0 Å². The van der Waals surface area contributed by atoms with Crippen molar-refractivity contribution < 1.29 is 13.2 Å². The molecule has 0 aliphatic carbocycles. The van der Waals surface area contributed by atoms with Crippen molar-refractivity contribution in [3.8, 4) is 5.69 Å². The van der Waals surface area contributed by atoms with Crippen LogP contribution < -0.4 is 5.43 Å². The fraction of sp³-hybridized carbons (Fsp3) is 0.250. The van der Waals surface area contributed by atoms with Crippen LogP contribution in [0.1, 0.15) is 39.2 Å². The summed E-state index contributed by atoms with van der Waals surface area (Å²) in [4.78, 5) is 13.1. The van der Waals surface area contributed by atoms with E-state index in [1.807, 2.05) is 57.2 Å². The SMILES string of the molecule is Cc1ccc(S(=O)(=O)N(CCc2ccccc2)CC(=O)N/N=C/c2cc(C)n(-c3cc(C)ccc3C)c2C)cc1. The van der Waals surface area contributed by atoms with Crippen LogP contribution in [-0.4, -0.2) is 42.5 Å². The van der Waals surface area contributed by atoms with E-state index >= 15 is 0 Å². The highest BCUT2D eigenvalue weighted by Crippen LogP contribution is 2.23. The Hall–Kier alpha value is -4.01. The predicted molar refractivity (Wildman–Crippen MR) is 161 cm³/mol. The number of hydrogen-bond acceptors (Lipinski definition) is 4. The smallest absolute Gasteiger partial charge is 0.255 e. The maximum absolute atomic E-state index is 13.5. The second-order valence-electron chi connectivity index (χ2n) is 10.1. The molecule has 1 aromatic heterocycles. The third kappa shape index (κ3) is 6.76. The third-order valence-electron chi connectivity index (χ3n) is 6.94. The van der Waals surface area contributed by atoms with Crippen molar-refractivity contribution in [2.45, 2.75) is 45.9 Å². The Morgan fingerprint density at radius 3 is 2.27 bits per heavy atom. The van der Waals surface area contributed by atoms with Gasteiger partial charge >= 0.3 is 0 Å². The molecule has 0 spiro atoms. The number of aromatic nitrogens is 1. The largest absolute Gasteiger partial charge is 0.318 e. The minimum Gasteiger partial charge on any atom is -0.318 e. The van der Waals surface area contributed by atoms with Gasteiger partial charge in [-0.2, -0.15) is 9.41 Å². The predicted octanol–water partition coefficient (Wildman–Crippen LogP) is 5.40. The van der Waals surface area contributed by atoms with Gasteiger partial charge in [0.25, 0.3) is 5.91 Å². The lowest BCUT2D eigenvalue weighted by Crippen LogP contribution is -2.40. The number of nitrogens with zero attached hydrogens (tertiary/aromatic N) is 3. The molecule has 40 heavy (non-hydrogen) atoms. The average Bonchev–Trinajstić information content (AvgIpc) is 3.21. The molecule has 208 valence electrons. The molecule has 8 heteroatoms. The van der Waals surface area contributed by atoms with Crippen molar-refractivity contribution in [2.75, 3.05) is 13.1 Å². The molecule has 0 aliphatic heterocycles. The first-order valence-corrected chi connectivity index (χ1v) is 14.7. The highest BCUT2D eigenvalue weighted by atomic mass is 32.2. The number of rotatable bonds is 10. The first-order valence-electron chi connectivity index (χ1n) is 13.3. The first kappa shape index (κ1) is 29.0. The van der Waals surface area contributed by atoms with Crippen LogP contribution in [0.5, 0.6) is 0 Å². The summed E-state index contributed by atoms with van der Waals surface area (Å²) in [6.45, 7) is 9.90. The summed E-state index contributed by atoms with van der Waals surface area (Å²) in [5.41, 5.74) is 10.8. The van der Waals surface area contributed by atoms with Crippen LogP contribution in [0, 0.1) is 34.6 Å². The van der Waals surface area contributed by atoms with E-state index in [9.17, 15) is 13.2 Å². The molecule has 3 aromatic carbocycles. The second kappa shape index (κ2) is 12.4. The van der Waals surface area contributed by atoms with Gasteiger partial charge in [-0.15, -0.1) is 0 Å². The molecule has 0 fully saturated rings. The molecule has 7 nitrogen and oxygen atoms in total. The lowest BCUT2D eigenvalue weighted by atomic mass is 10.1. The maximum atomic E-state index is 13.5. The molecule has 1 heterocycles. The van der Waals surface area contributed by atoms with E-state index in [1.54, 1.807) is 30.5 Å². The van der Waals surface area contributed by atoms with Crippen LogP contribution >= 0.6 is 0 Å². The Bertz CT molecular complexity index is 1620. The number of hydrazone groups is 1. The molecule has 1 N–H and O–H groups in total. The number of aryl methyl sites for hydroxylation is 4. The van der Waals surface area contributed by atoms with Gasteiger partial charge in [0.05, 0.1) is 17.7 Å². The Morgan fingerprint density at radius 1 is 0.900 bits per heavy atom. The highest BCUT2D eigenvalue weighted by molar-refractivity contribution is 7.89. The van der Waals surface area contributed by atoms with Crippen LogP contribution in [-0.2, 0) is 21.2 Å². The molecule has 0 atom stereocenters. The number of hydrogen-bond donors (Lipinski definition) is 1.